The summed E-state index contributed by atoms with van der Waals surface area (Å²) in [6.07, 6.45) is 0. The van der Waals surface area contributed by atoms with Gasteiger partial charge in [0, 0.05) is 5.02 Å². The van der Waals surface area contributed by atoms with Gasteiger partial charge in [-0.2, -0.15) is 5.26 Å². The first kappa shape index (κ1) is 10.4. The van der Waals surface area contributed by atoms with E-state index in [1.165, 1.54) is 0 Å². The fraction of sp³-hybridized carbons (Fsp3) is 0.222. The Bertz CT molecular complexity index is 306. The number of nitrogens with zero attached hydrogens (tertiary/aromatic N) is 1. The van der Waals surface area contributed by atoms with Crippen LogP contribution < -0.4 is 0 Å². The molecule has 0 aliphatic heterocycles. The molecule has 13 heavy (non-hydrogen) atoms. The Kier molecular flexibility index (Phi) is 4.10. The van der Waals surface area contributed by atoms with Crippen LogP contribution in [0.4, 0.5) is 0 Å². The molecule has 4 heteroatoms. The van der Waals surface area contributed by atoms with Crippen LogP contribution in [0.15, 0.2) is 24.3 Å². The molecule has 0 aliphatic rings. The van der Waals surface area contributed by atoms with Crippen LogP contribution in [0.25, 0.3) is 0 Å². The number of rotatable bonds is 3. The molecule has 2 nitrogen and oxygen atoms in total. The van der Waals surface area contributed by atoms with E-state index in [0.29, 0.717) is 5.02 Å². The monoisotopic (exact) mass is 213 g/mol. The minimum atomic E-state index is -0.178. The van der Waals surface area contributed by atoms with E-state index in [1.807, 2.05) is 17.5 Å². The summed E-state index contributed by atoms with van der Waals surface area (Å²) in [5.74, 6) is 0. The smallest absolute Gasteiger partial charge is 0.134 e. The Morgan fingerprint density at radius 3 is 2.54 bits per heavy atom. The van der Waals surface area contributed by atoms with Crippen LogP contribution >= 0.6 is 23.4 Å². The van der Waals surface area contributed by atoms with Crippen molar-refractivity contribution in [3.05, 3.63) is 34.9 Å². The summed E-state index contributed by atoms with van der Waals surface area (Å²) in [6, 6.07) is 7.12. The maximum absolute atomic E-state index is 8.97. The van der Waals surface area contributed by atoms with Gasteiger partial charge in [0.15, 0.2) is 0 Å². The van der Waals surface area contributed by atoms with Gasteiger partial charge in [0.1, 0.15) is 5.40 Å². The molecule has 0 aromatic heterocycles. The minimum Gasteiger partial charge on any atom is -0.395 e. The standard InChI is InChI=1S/C9H8ClNOS/c10-8-3-1-7(2-4-8)9(5-12)13-6-11/h1-4,9,12H,5H2. The largest absolute Gasteiger partial charge is 0.395 e. The van der Waals surface area contributed by atoms with E-state index in [2.05, 4.69) is 0 Å². The SMILES string of the molecule is N#CSC(CO)c1ccc(Cl)cc1. The molecule has 1 aromatic carbocycles. The minimum absolute atomic E-state index is 0.0418. The molecule has 0 spiro atoms. The molecule has 0 heterocycles. The van der Waals surface area contributed by atoms with E-state index < -0.39 is 0 Å². The lowest BCUT2D eigenvalue weighted by Gasteiger charge is -2.08. The Morgan fingerprint density at radius 2 is 2.08 bits per heavy atom. The van der Waals surface area contributed by atoms with Crippen LogP contribution in [0.5, 0.6) is 0 Å². The van der Waals surface area contributed by atoms with Crippen molar-refractivity contribution in [1.29, 1.82) is 5.26 Å². The third kappa shape index (κ3) is 2.92. The van der Waals surface area contributed by atoms with Crippen LogP contribution in [0.2, 0.25) is 5.02 Å². The Labute approximate surface area is 86.1 Å². The Morgan fingerprint density at radius 1 is 1.46 bits per heavy atom. The molecule has 0 fully saturated rings. The number of aliphatic hydroxyl groups excluding tert-OH is 1. The highest BCUT2D eigenvalue weighted by molar-refractivity contribution is 8.03. The number of nitriles is 1. The summed E-state index contributed by atoms with van der Waals surface area (Å²) in [5.41, 5.74) is 0.915. The first-order valence-corrected chi connectivity index (χ1v) is 4.94. The molecule has 0 radical (unpaired) electrons. The summed E-state index contributed by atoms with van der Waals surface area (Å²) in [5, 5.41) is 19.9. The average molecular weight is 214 g/mol. The topological polar surface area (TPSA) is 44.0 Å². The van der Waals surface area contributed by atoms with Crippen molar-refractivity contribution in [1.82, 2.24) is 0 Å². The quantitative estimate of drug-likeness (QED) is 0.785. The zero-order chi connectivity index (χ0) is 9.68. The lowest BCUT2D eigenvalue weighted by molar-refractivity contribution is 0.296. The third-order valence-electron chi connectivity index (χ3n) is 1.60. The number of hydrogen-bond acceptors (Lipinski definition) is 3. The van der Waals surface area contributed by atoms with Crippen LogP contribution in [0.1, 0.15) is 10.8 Å². The summed E-state index contributed by atoms with van der Waals surface area (Å²) in [4.78, 5) is 0. The second kappa shape index (κ2) is 5.13. The highest BCUT2D eigenvalue weighted by Crippen LogP contribution is 2.27. The van der Waals surface area contributed by atoms with Crippen molar-refractivity contribution in [3.63, 3.8) is 0 Å². The van der Waals surface area contributed by atoms with Gasteiger partial charge in [-0.05, 0) is 29.5 Å². The third-order valence-corrected chi connectivity index (χ3v) is 2.67. The first-order valence-electron chi connectivity index (χ1n) is 3.69. The van der Waals surface area contributed by atoms with E-state index in [1.54, 1.807) is 12.1 Å². The molecule has 0 saturated carbocycles. The maximum Gasteiger partial charge on any atom is 0.134 e. The number of thiocyanates is 1. The lowest BCUT2D eigenvalue weighted by atomic mass is 10.1. The highest BCUT2D eigenvalue weighted by Gasteiger charge is 2.09. The number of thioether (sulfide) groups is 1. The Balaban J connectivity index is 2.80. The molecule has 1 unspecified atom stereocenters. The number of aliphatic hydroxyl groups is 1. The van der Waals surface area contributed by atoms with Gasteiger partial charge in [-0.25, -0.2) is 0 Å². The van der Waals surface area contributed by atoms with E-state index in [0.717, 1.165) is 17.3 Å². The molecule has 0 amide bonds. The molecule has 1 atom stereocenters. The molecule has 68 valence electrons. The average Bonchev–Trinajstić information content (AvgIpc) is 2.16. The predicted molar refractivity (Wildman–Crippen MR) is 54.5 cm³/mol. The van der Waals surface area contributed by atoms with E-state index >= 15 is 0 Å². The fourth-order valence-corrected chi connectivity index (χ4v) is 1.57. The van der Waals surface area contributed by atoms with Crippen molar-refractivity contribution >= 4 is 23.4 Å². The van der Waals surface area contributed by atoms with Gasteiger partial charge in [0.05, 0.1) is 11.9 Å². The van der Waals surface area contributed by atoms with E-state index in [9.17, 15) is 0 Å². The van der Waals surface area contributed by atoms with Gasteiger partial charge < -0.3 is 5.11 Å². The van der Waals surface area contributed by atoms with Crippen LogP contribution in [0.3, 0.4) is 0 Å². The van der Waals surface area contributed by atoms with Gasteiger partial charge >= 0.3 is 0 Å². The van der Waals surface area contributed by atoms with Crippen molar-refractivity contribution < 1.29 is 5.11 Å². The summed E-state index contributed by atoms with van der Waals surface area (Å²) >= 11 is 6.75. The zero-order valence-electron chi connectivity index (χ0n) is 6.77. The molecule has 0 aliphatic carbocycles. The Hall–Kier alpha value is -0.690. The summed E-state index contributed by atoms with van der Waals surface area (Å²) in [7, 11) is 0. The predicted octanol–water partition coefficient (Wildman–Crippen LogP) is 2.59. The van der Waals surface area contributed by atoms with Crippen LogP contribution in [-0.4, -0.2) is 11.7 Å². The van der Waals surface area contributed by atoms with Crippen LogP contribution in [0, 0.1) is 10.7 Å². The van der Waals surface area contributed by atoms with Gasteiger partial charge in [0.2, 0.25) is 0 Å². The molecule has 0 saturated heterocycles. The molecular weight excluding hydrogens is 206 g/mol. The van der Waals surface area contributed by atoms with E-state index in [-0.39, 0.29) is 11.9 Å². The zero-order valence-corrected chi connectivity index (χ0v) is 8.35. The van der Waals surface area contributed by atoms with Gasteiger partial charge in [0.25, 0.3) is 0 Å². The molecular formula is C9H8ClNOS. The molecule has 1 N–H and O–H groups in total. The molecule has 1 rings (SSSR count). The first-order chi connectivity index (χ1) is 6.27. The fourth-order valence-electron chi connectivity index (χ4n) is 0.952. The number of benzene rings is 1. The highest BCUT2D eigenvalue weighted by atomic mass is 35.5. The molecule has 0 bridgehead atoms. The van der Waals surface area contributed by atoms with Crippen LogP contribution in [-0.2, 0) is 0 Å². The summed E-state index contributed by atoms with van der Waals surface area (Å²) < 4.78 is 0. The van der Waals surface area contributed by atoms with Gasteiger partial charge in [-0.15, -0.1) is 0 Å². The number of hydrogen-bond donors (Lipinski definition) is 1. The normalized spacial score (nSPS) is 12.1. The van der Waals surface area contributed by atoms with E-state index in [4.69, 9.17) is 22.0 Å². The van der Waals surface area contributed by atoms with Gasteiger partial charge in [-0.1, -0.05) is 23.7 Å². The maximum atomic E-state index is 8.97. The summed E-state index contributed by atoms with van der Waals surface area (Å²) in [6.45, 7) is -0.0418. The van der Waals surface area contributed by atoms with Crippen molar-refractivity contribution in [2.24, 2.45) is 0 Å². The van der Waals surface area contributed by atoms with Crippen molar-refractivity contribution in [3.8, 4) is 5.40 Å². The second-order valence-corrected chi connectivity index (χ2v) is 3.86. The number of halogens is 1. The molecule has 1 aromatic rings. The van der Waals surface area contributed by atoms with Crippen molar-refractivity contribution in [2.45, 2.75) is 5.25 Å². The van der Waals surface area contributed by atoms with Crippen molar-refractivity contribution in [2.75, 3.05) is 6.61 Å². The lowest BCUT2D eigenvalue weighted by Crippen LogP contribution is -1.97. The second-order valence-electron chi connectivity index (χ2n) is 2.43. The van der Waals surface area contributed by atoms with Gasteiger partial charge in [-0.3, -0.25) is 0 Å².